The average molecular weight is 496 g/mol. The minimum atomic E-state index is -0.369. The maximum absolute atomic E-state index is 13.0. The zero-order chi connectivity index (χ0) is 25.1. The van der Waals surface area contributed by atoms with Crippen molar-refractivity contribution in [3.05, 3.63) is 53.4 Å². The van der Waals surface area contributed by atoms with E-state index >= 15 is 0 Å². The van der Waals surface area contributed by atoms with Gasteiger partial charge in [-0.25, -0.2) is 4.98 Å². The molecule has 2 aromatic carbocycles. The lowest BCUT2D eigenvalue weighted by Crippen LogP contribution is -2.38. The molecule has 3 aromatic rings. The highest BCUT2D eigenvalue weighted by atomic mass is 32.1. The smallest absolute Gasteiger partial charge is 0.265 e. The summed E-state index contributed by atoms with van der Waals surface area (Å²) in [6.07, 6.45) is 1.67. The third-order valence-corrected chi connectivity index (χ3v) is 6.32. The fourth-order valence-corrected chi connectivity index (χ4v) is 4.61. The number of anilines is 2. The van der Waals surface area contributed by atoms with E-state index < -0.39 is 0 Å². The number of fused-ring (bicyclic) bond motifs is 1. The minimum Gasteiger partial charge on any atom is -0.493 e. The molecule has 35 heavy (non-hydrogen) atoms. The second-order valence-corrected chi connectivity index (χ2v) is 8.76. The summed E-state index contributed by atoms with van der Waals surface area (Å²) >= 11 is 1.35. The highest BCUT2D eigenvalue weighted by Gasteiger charge is 2.26. The minimum absolute atomic E-state index is 0.00692. The van der Waals surface area contributed by atoms with Gasteiger partial charge in [0.25, 0.3) is 11.8 Å². The van der Waals surface area contributed by atoms with E-state index in [1.54, 1.807) is 23.1 Å². The lowest BCUT2D eigenvalue weighted by molar-refractivity contribution is -0.121. The van der Waals surface area contributed by atoms with Crippen LogP contribution in [0.15, 0.2) is 43.0 Å². The Balaban J connectivity index is 1.62. The number of carbonyl (C=O) groups excluding carboxylic acids is 2. The van der Waals surface area contributed by atoms with Crippen LogP contribution in [0.5, 0.6) is 23.0 Å². The Bertz CT molecular complexity index is 1280. The molecule has 0 atom stereocenters. The molecule has 4 rings (SSSR count). The van der Waals surface area contributed by atoms with Crippen molar-refractivity contribution in [3.63, 3.8) is 0 Å². The van der Waals surface area contributed by atoms with Crippen molar-refractivity contribution in [2.24, 2.45) is 0 Å². The van der Waals surface area contributed by atoms with Crippen molar-refractivity contribution in [2.75, 3.05) is 44.7 Å². The van der Waals surface area contributed by atoms with E-state index in [4.69, 9.17) is 18.9 Å². The lowest BCUT2D eigenvalue weighted by atomic mass is 10.1. The Kier molecular flexibility index (Phi) is 6.92. The summed E-state index contributed by atoms with van der Waals surface area (Å²) in [4.78, 5) is 32.5. The van der Waals surface area contributed by atoms with E-state index in [0.29, 0.717) is 51.6 Å². The van der Waals surface area contributed by atoms with E-state index in [0.717, 1.165) is 10.4 Å². The molecule has 1 aliphatic heterocycles. The van der Waals surface area contributed by atoms with Crippen LogP contribution in [0.4, 0.5) is 10.8 Å². The topological polar surface area (TPSA) is 99.2 Å². The average Bonchev–Trinajstić information content (AvgIpc) is 3.24. The first kappa shape index (κ1) is 24.1. The number of carbonyl (C=O) groups is 2. The molecular formula is C25H25N3O6S. The number of hydrogen-bond acceptors (Lipinski definition) is 8. The Hall–Kier alpha value is -4.05. The van der Waals surface area contributed by atoms with Gasteiger partial charge in [-0.2, -0.15) is 0 Å². The monoisotopic (exact) mass is 495 g/mol. The van der Waals surface area contributed by atoms with Gasteiger partial charge in [-0.3, -0.25) is 14.9 Å². The van der Waals surface area contributed by atoms with Crippen molar-refractivity contribution < 1.29 is 28.5 Å². The van der Waals surface area contributed by atoms with Gasteiger partial charge >= 0.3 is 0 Å². The quantitative estimate of drug-likeness (QED) is 0.465. The zero-order valence-corrected chi connectivity index (χ0v) is 20.7. The highest BCUT2D eigenvalue weighted by Crippen LogP contribution is 2.40. The highest BCUT2D eigenvalue weighted by molar-refractivity contribution is 7.16. The number of benzene rings is 2. The van der Waals surface area contributed by atoms with Gasteiger partial charge < -0.3 is 23.8 Å². The summed E-state index contributed by atoms with van der Waals surface area (Å²) in [6.45, 7) is 6.03. The molecule has 1 aromatic heterocycles. The molecule has 10 heteroatoms. The Morgan fingerprint density at radius 1 is 1.20 bits per heavy atom. The molecule has 0 radical (unpaired) electrons. The predicted molar refractivity (Wildman–Crippen MR) is 134 cm³/mol. The summed E-state index contributed by atoms with van der Waals surface area (Å²) in [6, 6.07) is 8.72. The molecule has 1 N–H and O–H groups in total. The number of hydrogen-bond donors (Lipinski definition) is 1. The van der Waals surface area contributed by atoms with Crippen LogP contribution in [0.25, 0.3) is 11.3 Å². The molecular weight excluding hydrogens is 470 g/mol. The number of methoxy groups -OCH3 is 3. The molecule has 0 saturated carbocycles. The van der Waals surface area contributed by atoms with Crippen molar-refractivity contribution in [3.8, 4) is 34.3 Å². The third-order valence-electron chi connectivity index (χ3n) is 5.43. The molecule has 0 spiro atoms. The second-order valence-electron chi connectivity index (χ2n) is 7.56. The number of ether oxygens (including phenoxy) is 4. The van der Waals surface area contributed by atoms with Gasteiger partial charge in [-0.15, -0.1) is 17.9 Å². The van der Waals surface area contributed by atoms with Crippen LogP contribution in [0.3, 0.4) is 0 Å². The second kappa shape index (κ2) is 10.1. The molecule has 0 bridgehead atoms. The summed E-state index contributed by atoms with van der Waals surface area (Å²) in [5.41, 5.74) is 2.50. The first-order valence-electron chi connectivity index (χ1n) is 10.7. The van der Waals surface area contributed by atoms with Gasteiger partial charge in [0.2, 0.25) is 5.75 Å². The SMILES string of the molecule is C=CCN1C(=O)COc2ccc(-c3nc(NC(=O)c4cc(OC)c(OC)c(OC)c4)sc3C)cc21. The Morgan fingerprint density at radius 2 is 1.91 bits per heavy atom. The van der Waals surface area contributed by atoms with E-state index in [1.807, 2.05) is 25.1 Å². The predicted octanol–water partition coefficient (Wildman–Crippen LogP) is 4.31. The number of rotatable bonds is 8. The molecule has 0 unspecified atom stereocenters. The number of aryl methyl sites for hydroxylation is 1. The summed E-state index contributed by atoms with van der Waals surface area (Å²) < 4.78 is 21.6. The number of aromatic nitrogens is 1. The summed E-state index contributed by atoms with van der Waals surface area (Å²) in [5, 5.41) is 3.28. The zero-order valence-electron chi connectivity index (χ0n) is 19.8. The van der Waals surface area contributed by atoms with Gasteiger partial charge in [0.15, 0.2) is 23.2 Å². The fourth-order valence-electron chi connectivity index (χ4n) is 3.78. The molecule has 0 aliphatic carbocycles. The lowest BCUT2D eigenvalue weighted by Gasteiger charge is -2.28. The van der Waals surface area contributed by atoms with E-state index in [2.05, 4.69) is 16.9 Å². The molecule has 0 fully saturated rings. The summed E-state index contributed by atoms with van der Waals surface area (Å²) in [5.74, 6) is 1.28. The standard InChI is InChI=1S/C25H25N3O6S/c1-6-9-28-17-10-15(7-8-18(17)34-13-21(28)29)22-14(2)35-25(26-22)27-24(30)16-11-19(31-3)23(33-5)20(12-16)32-4/h6-8,10-12H,1,9,13H2,2-5H3,(H,26,27,30). The van der Waals surface area contributed by atoms with Gasteiger partial charge in [0.1, 0.15) is 5.75 Å². The maximum atomic E-state index is 13.0. The molecule has 9 nitrogen and oxygen atoms in total. The first-order valence-corrected chi connectivity index (χ1v) is 11.5. The van der Waals surface area contributed by atoms with Crippen molar-refractivity contribution in [1.82, 2.24) is 4.98 Å². The van der Waals surface area contributed by atoms with Crippen LogP contribution in [0, 0.1) is 6.92 Å². The Labute approximate surface area is 206 Å². The van der Waals surface area contributed by atoms with Gasteiger partial charge in [0, 0.05) is 22.5 Å². The third kappa shape index (κ3) is 4.65. The van der Waals surface area contributed by atoms with E-state index in [1.165, 1.54) is 32.7 Å². The maximum Gasteiger partial charge on any atom is 0.265 e. The van der Waals surface area contributed by atoms with Crippen LogP contribution >= 0.6 is 11.3 Å². The Morgan fingerprint density at radius 3 is 2.54 bits per heavy atom. The molecule has 2 heterocycles. The van der Waals surface area contributed by atoms with Crippen LogP contribution in [0.1, 0.15) is 15.2 Å². The van der Waals surface area contributed by atoms with Gasteiger partial charge in [-0.1, -0.05) is 6.08 Å². The van der Waals surface area contributed by atoms with E-state index in [9.17, 15) is 9.59 Å². The fraction of sp³-hybridized carbons (Fsp3) is 0.240. The summed E-state index contributed by atoms with van der Waals surface area (Å²) in [7, 11) is 4.48. The van der Waals surface area contributed by atoms with Crippen LogP contribution < -0.4 is 29.2 Å². The van der Waals surface area contributed by atoms with Crippen LogP contribution in [-0.4, -0.2) is 51.3 Å². The van der Waals surface area contributed by atoms with Gasteiger partial charge in [0.05, 0.1) is 32.7 Å². The molecule has 2 amide bonds. The van der Waals surface area contributed by atoms with Crippen LogP contribution in [0.2, 0.25) is 0 Å². The van der Waals surface area contributed by atoms with Crippen LogP contribution in [-0.2, 0) is 4.79 Å². The molecule has 1 aliphatic rings. The number of nitrogens with one attached hydrogen (secondary N) is 1. The van der Waals surface area contributed by atoms with Crippen molar-refractivity contribution >= 4 is 34.0 Å². The number of nitrogens with zero attached hydrogens (tertiary/aromatic N) is 2. The largest absolute Gasteiger partial charge is 0.493 e. The molecule has 182 valence electrons. The normalized spacial score (nSPS) is 12.5. The molecule has 0 saturated heterocycles. The van der Waals surface area contributed by atoms with Gasteiger partial charge in [-0.05, 0) is 37.3 Å². The number of thiazole rings is 1. The van der Waals surface area contributed by atoms with Crippen molar-refractivity contribution in [1.29, 1.82) is 0 Å². The van der Waals surface area contributed by atoms with Crippen molar-refractivity contribution in [2.45, 2.75) is 6.92 Å². The first-order chi connectivity index (χ1) is 16.9. The number of amides is 2. The van der Waals surface area contributed by atoms with E-state index in [-0.39, 0.29) is 18.4 Å².